The first-order chi connectivity index (χ1) is 13.9. The molecule has 3 rings (SSSR count). The Kier molecular flexibility index (Phi) is 6.71. The number of nitrogens with one attached hydrogen (secondary N) is 1. The van der Waals surface area contributed by atoms with E-state index < -0.39 is 17.5 Å². The van der Waals surface area contributed by atoms with Crippen LogP contribution in [0.4, 0.5) is 4.39 Å². The molecule has 2 atom stereocenters. The van der Waals surface area contributed by atoms with Crippen LogP contribution in [-0.4, -0.2) is 64.8 Å². The lowest BCUT2D eigenvalue weighted by molar-refractivity contribution is -0.143. The number of likely N-dealkylation sites (tertiary alicyclic amines) is 2. The molecule has 158 valence electrons. The van der Waals surface area contributed by atoms with E-state index in [4.69, 9.17) is 0 Å². The molecule has 2 aliphatic rings. The van der Waals surface area contributed by atoms with E-state index in [0.29, 0.717) is 45.4 Å². The van der Waals surface area contributed by atoms with Crippen molar-refractivity contribution in [3.05, 3.63) is 29.6 Å². The van der Waals surface area contributed by atoms with Crippen LogP contribution in [0.25, 0.3) is 0 Å². The van der Waals surface area contributed by atoms with Crippen LogP contribution in [0.15, 0.2) is 18.2 Å². The molecule has 0 radical (unpaired) electrons. The Morgan fingerprint density at radius 3 is 2.76 bits per heavy atom. The van der Waals surface area contributed by atoms with Gasteiger partial charge in [0.1, 0.15) is 17.1 Å². The molecule has 2 saturated heterocycles. The number of hydrogen-bond donors (Lipinski definition) is 2. The van der Waals surface area contributed by atoms with E-state index in [0.717, 1.165) is 18.9 Å². The van der Waals surface area contributed by atoms with E-state index in [-0.39, 0.29) is 29.3 Å². The van der Waals surface area contributed by atoms with E-state index in [2.05, 4.69) is 5.32 Å². The van der Waals surface area contributed by atoms with Gasteiger partial charge in [0.15, 0.2) is 0 Å². The van der Waals surface area contributed by atoms with Crippen LogP contribution in [0.5, 0.6) is 5.75 Å². The van der Waals surface area contributed by atoms with E-state index in [1.807, 2.05) is 6.92 Å². The number of carbonyl (C=O) groups is 3. The van der Waals surface area contributed by atoms with Crippen molar-refractivity contribution in [2.45, 2.75) is 45.1 Å². The zero-order chi connectivity index (χ0) is 21.0. The predicted octanol–water partition coefficient (Wildman–Crippen LogP) is 1.90. The topological polar surface area (TPSA) is 90.0 Å². The Hall–Kier alpha value is -2.64. The Morgan fingerprint density at radius 2 is 2.03 bits per heavy atom. The lowest BCUT2D eigenvalue weighted by Crippen LogP contribution is -2.50. The normalized spacial score (nSPS) is 22.9. The number of aromatic hydroxyl groups is 1. The fourth-order valence-electron chi connectivity index (χ4n) is 4.14. The molecular weight excluding hydrogens is 377 g/mol. The van der Waals surface area contributed by atoms with Crippen molar-refractivity contribution in [2.24, 2.45) is 5.92 Å². The third-order valence-corrected chi connectivity index (χ3v) is 5.77. The monoisotopic (exact) mass is 405 g/mol. The Labute approximate surface area is 169 Å². The molecule has 29 heavy (non-hydrogen) atoms. The number of carbonyl (C=O) groups excluding carboxylic acids is 3. The van der Waals surface area contributed by atoms with Crippen molar-refractivity contribution in [2.75, 3.05) is 26.2 Å². The molecular formula is C21H28FN3O4. The molecule has 2 heterocycles. The lowest BCUT2D eigenvalue weighted by Gasteiger charge is -2.35. The second-order valence-electron chi connectivity index (χ2n) is 7.75. The van der Waals surface area contributed by atoms with E-state index in [1.54, 1.807) is 9.80 Å². The van der Waals surface area contributed by atoms with Crippen LogP contribution in [0, 0.1) is 11.7 Å². The molecule has 8 heteroatoms. The number of benzene rings is 1. The largest absolute Gasteiger partial charge is 0.507 e. The highest BCUT2D eigenvalue weighted by molar-refractivity contribution is 5.97. The van der Waals surface area contributed by atoms with Crippen LogP contribution in [-0.2, 0) is 9.59 Å². The molecule has 2 N–H and O–H groups in total. The highest BCUT2D eigenvalue weighted by Crippen LogP contribution is 2.23. The van der Waals surface area contributed by atoms with Gasteiger partial charge in [-0.2, -0.15) is 0 Å². The standard InChI is InChI=1S/C21H28FN3O4/c1-2-24-12-14(9-10-18(24)27)21(29)25-11-4-3-6-15(13-25)23-20(28)19-16(22)7-5-8-17(19)26/h5,7-8,14-15,26H,2-4,6,9-13H2,1H3,(H,23,28). The van der Waals surface area contributed by atoms with Crippen LogP contribution in [0.1, 0.15) is 49.4 Å². The van der Waals surface area contributed by atoms with Gasteiger partial charge >= 0.3 is 0 Å². The predicted molar refractivity (Wildman–Crippen MR) is 105 cm³/mol. The van der Waals surface area contributed by atoms with Crippen LogP contribution in [0.2, 0.25) is 0 Å². The Balaban J connectivity index is 1.66. The molecule has 2 aliphatic heterocycles. The lowest BCUT2D eigenvalue weighted by atomic mass is 9.95. The average molecular weight is 405 g/mol. The SMILES string of the molecule is CCN1CC(C(=O)N2CCCCC(NC(=O)c3c(O)cccc3F)C2)CCC1=O. The maximum atomic E-state index is 14.0. The second-order valence-corrected chi connectivity index (χ2v) is 7.75. The summed E-state index contributed by atoms with van der Waals surface area (Å²) in [6.45, 7) is 3.88. The van der Waals surface area contributed by atoms with Crippen LogP contribution >= 0.6 is 0 Å². The summed E-state index contributed by atoms with van der Waals surface area (Å²) in [6, 6.07) is 3.41. The minimum atomic E-state index is -0.782. The number of halogens is 1. The third kappa shape index (κ3) is 4.86. The minimum Gasteiger partial charge on any atom is -0.507 e. The summed E-state index contributed by atoms with van der Waals surface area (Å²) in [6.07, 6.45) is 3.26. The maximum Gasteiger partial charge on any atom is 0.258 e. The molecule has 0 aliphatic carbocycles. The highest BCUT2D eigenvalue weighted by Gasteiger charge is 2.34. The van der Waals surface area contributed by atoms with Gasteiger partial charge in [0.2, 0.25) is 11.8 Å². The summed E-state index contributed by atoms with van der Waals surface area (Å²) in [7, 11) is 0. The molecule has 2 unspecified atom stereocenters. The number of rotatable bonds is 4. The zero-order valence-electron chi connectivity index (χ0n) is 16.7. The summed E-state index contributed by atoms with van der Waals surface area (Å²) < 4.78 is 14.0. The van der Waals surface area contributed by atoms with Crippen molar-refractivity contribution < 1.29 is 23.9 Å². The van der Waals surface area contributed by atoms with Crippen LogP contribution in [0.3, 0.4) is 0 Å². The van der Waals surface area contributed by atoms with E-state index in [9.17, 15) is 23.9 Å². The molecule has 1 aromatic rings. The fourth-order valence-corrected chi connectivity index (χ4v) is 4.14. The van der Waals surface area contributed by atoms with Gasteiger partial charge in [-0.25, -0.2) is 4.39 Å². The molecule has 0 aromatic heterocycles. The molecule has 0 spiro atoms. The smallest absolute Gasteiger partial charge is 0.258 e. The van der Waals surface area contributed by atoms with Gasteiger partial charge in [-0.05, 0) is 44.7 Å². The zero-order valence-corrected chi connectivity index (χ0v) is 16.7. The van der Waals surface area contributed by atoms with Gasteiger partial charge in [-0.1, -0.05) is 6.07 Å². The molecule has 2 fully saturated rings. The van der Waals surface area contributed by atoms with Crippen molar-refractivity contribution in [1.29, 1.82) is 0 Å². The number of phenolic OH excluding ortho intramolecular Hbond substituents is 1. The van der Waals surface area contributed by atoms with E-state index >= 15 is 0 Å². The van der Waals surface area contributed by atoms with Crippen molar-refractivity contribution in [3.8, 4) is 5.75 Å². The van der Waals surface area contributed by atoms with Crippen molar-refractivity contribution in [1.82, 2.24) is 15.1 Å². The summed E-state index contributed by atoms with van der Waals surface area (Å²) >= 11 is 0. The Morgan fingerprint density at radius 1 is 1.24 bits per heavy atom. The number of amides is 3. The molecule has 0 saturated carbocycles. The first kappa shape index (κ1) is 21.1. The van der Waals surface area contributed by atoms with E-state index in [1.165, 1.54) is 12.1 Å². The number of nitrogens with zero attached hydrogens (tertiary/aromatic N) is 2. The van der Waals surface area contributed by atoms with Gasteiger partial charge in [0.25, 0.3) is 5.91 Å². The van der Waals surface area contributed by atoms with Gasteiger partial charge in [0, 0.05) is 38.6 Å². The van der Waals surface area contributed by atoms with Gasteiger partial charge in [0.05, 0.1) is 5.92 Å². The third-order valence-electron chi connectivity index (χ3n) is 5.77. The summed E-state index contributed by atoms with van der Waals surface area (Å²) in [5.74, 6) is -2.00. The first-order valence-corrected chi connectivity index (χ1v) is 10.3. The second kappa shape index (κ2) is 9.24. The maximum absolute atomic E-state index is 14.0. The number of hydrogen-bond acceptors (Lipinski definition) is 4. The average Bonchev–Trinajstić information content (AvgIpc) is 2.93. The Bertz CT molecular complexity index is 765. The summed E-state index contributed by atoms with van der Waals surface area (Å²) in [5, 5.41) is 12.6. The molecule has 3 amide bonds. The van der Waals surface area contributed by atoms with Gasteiger partial charge in [-0.15, -0.1) is 0 Å². The molecule has 7 nitrogen and oxygen atoms in total. The fraction of sp³-hybridized carbons (Fsp3) is 0.571. The quantitative estimate of drug-likeness (QED) is 0.801. The highest BCUT2D eigenvalue weighted by atomic mass is 19.1. The first-order valence-electron chi connectivity index (χ1n) is 10.3. The molecule has 0 bridgehead atoms. The molecule has 1 aromatic carbocycles. The minimum absolute atomic E-state index is 0.00541. The van der Waals surface area contributed by atoms with Crippen molar-refractivity contribution in [3.63, 3.8) is 0 Å². The van der Waals surface area contributed by atoms with Crippen LogP contribution < -0.4 is 5.32 Å². The summed E-state index contributed by atoms with van der Waals surface area (Å²) in [5.41, 5.74) is -0.376. The van der Waals surface area contributed by atoms with Crippen molar-refractivity contribution >= 4 is 17.7 Å². The summed E-state index contributed by atoms with van der Waals surface area (Å²) in [4.78, 5) is 40.9. The van der Waals surface area contributed by atoms with Gasteiger partial charge in [-0.3, -0.25) is 14.4 Å². The number of phenols is 1. The van der Waals surface area contributed by atoms with Gasteiger partial charge < -0.3 is 20.2 Å². The number of piperidine rings is 1.